The molecular formula is C54H88O22. The Bertz CT molecular complexity index is 2100. The van der Waals surface area contributed by atoms with E-state index in [0.29, 0.717) is 12.8 Å². The molecule has 12 N–H and O–H groups in total. The standard InChI is InChI=1S/C54H88O22/c1-23-32(58)35(61)40(66)46(70-23)75-42-36(62)34(60)27(20-55)71-47(42)76-43-38(64)37(63)41(44(67)68-9)74-48(43)72-30-13-14-51(5)28(52(30,6)22-56)12-15-54(8)29(51)11-10-24-25-18-49(2,3)19-31(50(25,4)16-17-53(24,54)7)73-45-39(65)33(59)26(57)21-69-45/h10,23,25-43,45-48,55-66H,11-22H2,1-9H3/t23-,25-,26+,27+,28?,29+,30-,31+,32-,33-,34-,35+,36-,37-,38-,39+,40+,41-,42+,43+,45-,46-,47-,48+,50+,51-,52+,53+,54+/m0/s1. The third-order valence-corrected chi connectivity index (χ3v) is 21.4. The van der Waals surface area contributed by atoms with Crippen LogP contribution in [0, 0.1) is 50.2 Å². The maximum absolute atomic E-state index is 13.2. The van der Waals surface area contributed by atoms with Crippen LogP contribution in [0.5, 0.6) is 0 Å². The van der Waals surface area contributed by atoms with Crippen molar-refractivity contribution >= 4 is 5.97 Å². The van der Waals surface area contributed by atoms with E-state index in [4.69, 9.17) is 42.6 Å². The van der Waals surface area contributed by atoms with E-state index in [-0.39, 0.29) is 64.1 Å². The number of allylic oxidation sites excluding steroid dienone is 2. The summed E-state index contributed by atoms with van der Waals surface area (Å²) >= 11 is 0. The molecule has 9 aliphatic rings. The van der Waals surface area contributed by atoms with Gasteiger partial charge in [0, 0.05) is 10.8 Å². The third-order valence-electron chi connectivity index (χ3n) is 21.4. The lowest BCUT2D eigenvalue weighted by Gasteiger charge is -2.72. The average molecular weight is 1090 g/mol. The lowest BCUT2D eigenvalue weighted by molar-refractivity contribution is -0.396. The summed E-state index contributed by atoms with van der Waals surface area (Å²) in [5.41, 5.74) is -0.675. The van der Waals surface area contributed by atoms with Crippen LogP contribution in [0.4, 0.5) is 0 Å². The molecule has 0 aromatic carbocycles. The van der Waals surface area contributed by atoms with Crippen molar-refractivity contribution in [3.05, 3.63) is 11.6 Å². The number of aliphatic hydroxyl groups is 12. The van der Waals surface area contributed by atoms with E-state index in [0.717, 1.165) is 52.1 Å². The zero-order valence-electron chi connectivity index (χ0n) is 45.4. The molecule has 1 unspecified atom stereocenters. The van der Waals surface area contributed by atoms with Gasteiger partial charge < -0.3 is 104 Å². The van der Waals surface area contributed by atoms with Gasteiger partial charge in [-0.1, -0.05) is 60.1 Å². The molecular weight excluding hydrogens is 1000 g/mol. The van der Waals surface area contributed by atoms with Gasteiger partial charge in [-0.25, -0.2) is 4.79 Å². The van der Waals surface area contributed by atoms with Crippen molar-refractivity contribution in [3.63, 3.8) is 0 Å². The largest absolute Gasteiger partial charge is 0.467 e. The Kier molecular flexibility index (Phi) is 16.6. The van der Waals surface area contributed by atoms with Crippen molar-refractivity contribution in [2.24, 2.45) is 50.2 Å². The Morgan fingerprint density at radius 1 is 0.618 bits per heavy atom. The van der Waals surface area contributed by atoms with Gasteiger partial charge in [0.1, 0.15) is 79.4 Å². The Labute approximate surface area is 444 Å². The summed E-state index contributed by atoms with van der Waals surface area (Å²) < 4.78 is 54.3. The fourth-order valence-electron chi connectivity index (χ4n) is 16.5. The first-order valence-electron chi connectivity index (χ1n) is 27.6. The number of fused-ring (bicyclic) bond motifs is 7. The van der Waals surface area contributed by atoms with Crippen LogP contribution >= 0.6 is 0 Å². The zero-order chi connectivity index (χ0) is 55.6. The summed E-state index contributed by atoms with van der Waals surface area (Å²) in [6.45, 7) is 16.1. The predicted octanol–water partition coefficient (Wildman–Crippen LogP) is -0.744. The maximum Gasteiger partial charge on any atom is 0.337 e. The van der Waals surface area contributed by atoms with Gasteiger partial charge in [-0.05, 0) is 104 Å². The molecule has 0 amide bonds. The topological polar surface area (TPSA) is 343 Å². The molecule has 22 nitrogen and oxygen atoms in total. The molecule has 4 saturated heterocycles. The number of aliphatic hydroxyl groups excluding tert-OH is 12. The second kappa shape index (κ2) is 21.3. The SMILES string of the molecule is COC(=O)[C@H]1O[C@@H](O[C@H]2CC[C@@]3(C)C(CC[C@]4(C)[C@@H]3CC=C3[C@@H]5CC(C)(C)C[C@@H](O[C@@H]6OC[C@@H](O)[C@H](O)[C@H]6O)[C@]5(C)CC[C@]34C)[C@@]2(C)CO)[C@H](O[C@@H]2O[C@H](CO)[C@H](O)[C@H](O)[C@H]2O[C@@H]2O[C@@H](C)[C@H](O)[C@@H](O)[C@H]2O)[C@@H](O)[C@@H]1O. The number of esters is 1. The molecule has 0 bridgehead atoms. The van der Waals surface area contributed by atoms with Crippen LogP contribution < -0.4 is 0 Å². The molecule has 22 heteroatoms. The first-order chi connectivity index (χ1) is 35.5. The molecule has 5 aliphatic carbocycles. The number of hydrogen-bond acceptors (Lipinski definition) is 22. The van der Waals surface area contributed by atoms with Crippen molar-refractivity contribution in [3.8, 4) is 0 Å². The molecule has 29 atom stereocenters. The molecule has 0 aromatic heterocycles. The number of hydrogen-bond donors (Lipinski definition) is 12. The fourth-order valence-corrected chi connectivity index (χ4v) is 16.5. The molecule has 0 radical (unpaired) electrons. The van der Waals surface area contributed by atoms with E-state index in [1.807, 2.05) is 6.92 Å². The van der Waals surface area contributed by atoms with Crippen LogP contribution in [0.15, 0.2) is 11.6 Å². The van der Waals surface area contributed by atoms with Crippen LogP contribution in [0.1, 0.15) is 113 Å². The Morgan fingerprint density at radius 2 is 1.25 bits per heavy atom. The average Bonchev–Trinajstić information content (AvgIpc) is 3.37. The van der Waals surface area contributed by atoms with Crippen molar-refractivity contribution in [2.45, 2.75) is 242 Å². The summed E-state index contributed by atoms with van der Waals surface area (Å²) in [7, 11) is 1.08. The van der Waals surface area contributed by atoms with E-state index < -0.39 is 141 Å². The van der Waals surface area contributed by atoms with Crippen LogP contribution in [0.2, 0.25) is 0 Å². The minimum Gasteiger partial charge on any atom is -0.467 e. The lowest BCUT2D eigenvalue weighted by atomic mass is 9.33. The Hall–Kier alpha value is -1.59. The summed E-state index contributed by atoms with van der Waals surface area (Å²) in [6, 6.07) is 0. The molecule has 76 heavy (non-hydrogen) atoms. The molecule has 436 valence electrons. The van der Waals surface area contributed by atoms with Crippen LogP contribution in [-0.4, -0.2) is 223 Å². The highest BCUT2D eigenvalue weighted by molar-refractivity contribution is 5.75. The highest BCUT2D eigenvalue weighted by Crippen LogP contribution is 2.76. The highest BCUT2D eigenvalue weighted by Gasteiger charge is 2.70. The summed E-state index contributed by atoms with van der Waals surface area (Å²) in [4.78, 5) is 13.2. The minimum atomic E-state index is -1.98. The fraction of sp³-hybridized carbons (Fsp3) is 0.944. The molecule has 4 saturated carbocycles. The smallest absolute Gasteiger partial charge is 0.337 e. The van der Waals surface area contributed by atoms with Crippen molar-refractivity contribution in [1.82, 2.24) is 0 Å². The van der Waals surface area contributed by atoms with Crippen LogP contribution in [0.25, 0.3) is 0 Å². The van der Waals surface area contributed by atoms with Gasteiger partial charge >= 0.3 is 5.97 Å². The summed E-state index contributed by atoms with van der Waals surface area (Å²) in [5.74, 6) is -0.821. The minimum absolute atomic E-state index is 0.120. The van der Waals surface area contributed by atoms with E-state index >= 15 is 0 Å². The number of carbonyl (C=O) groups excluding carboxylic acids is 1. The molecule has 4 aliphatic heterocycles. The van der Waals surface area contributed by atoms with E-state index in [1.54, 1.807) is 0 Å². The summed E-state index contributed by atoms with van der Waals surface area (Å²) in [6.07, 6.45) is -22.8. The van der Waals surface area contributed by atoms with Crippen molar-refractivity contribution in [2.75, 3.05) is 26.9 Å². The molecule has 0 spiro atoms. The maximum atomic E-state index is 13.2. The molecule has 8 fully saturated rings. The predicted molar refractivity (Wildman–Crippen MR) is 262 cm³/mol. The van der Waals surface area contributed by atoms with Gasteiger partial charge in [-0.3, -0.25) is 0 Å². The highest BCUT2D eigenvalue weighted by atomic mass is 16.8. The zero-order valence-corrected chi connectivity index (χ0v) is 45.4. The van der Waals surface area contributed by atoms with Crippen molar-refractivity contribution in [1.29, 1.82) is 0 Å². The van der Waals surface area contributed by atoms with Gasteiger partial charge in [-0.15, -0.1) is 0 Å². The van der Waals surface area contributed by atoms with E-state index in [1.165, 1.54) is 12.5 Å². The van der Waals surface area contributed by atoms with E-state index in [2.05, 4.69) is 47.6 Å². The lowest BCUT2D eigenvalue weighted by Crippen LogP contribution is -2.68. The second-order valence-electron chi connectivity index (χ2n) is 26.1. The van der Waals surface area contributed by atoms with Gasteiger partial charge in [0.15, 0.2) is 31.3 Å². The number of ether oxygens (including phenoxy) is 9. The van der Waals surface area contributed by atoms with Gasteiger partial charge in [-0.2, -0.15) is 0 Å². The normalized spacial score (nSPS) is 55.2. The summed E-state index contributed by atoms with van der Waals surface area (Å²) in [5, 5.41) is 131. The number of rotatable bonds is 11. The monoisotopic (exact) mass is 1090 g/mol. The molecule has 0 aromatic rings. The first-order valence-corrected chi connectivity index (χ1v) is 27.6. The Morgan fingerprint density at radius 3 is 1.91 bits per heavy atom. The molecule has 9 rings (SSSR count). The van der Waals surface area contributed by atoms with Crippen LogP contribution in [-0.2, 0) is 47.4 Å². The first kappa shape index (κ1) is 59.0. The van der Waals surface area contributed by atoms with E-state index in [9.17, 15) is 66.1 Å². The number of methoxy groups -OCH3 is 1. The van der Waals surface area contributed by atoms with Crippen molar-refractivity contribution < 1.29 is 109 Å². The van der Waals surface area contributed by atoms with Gasteiger partial charge in [0.2, 0.25) is 0 Å². The van der Waals surface area contributed by atoms with Gasteiger partial charge in [0.05, 0.1) is 45.2 Å². The quantitative estimate of drug-likeness (QED) is 0.0688. The molecule has 4 heterocycles. The number of carbonyl (C=O) groups is 1. The third kappa shape index (κ3) is 9.47. The Balaban J connectivity index is 0.985. The second-order valence-corrected chi connectivity index (χ2v) is 26.1. The van der Waals surface area contributed by atoms with Crippen LogP contribution in [0.3, 0.4) is 0 Å². The van der Waals surface area contributed by atoms with Gasteiger partial charge in [0.25, 0.3) is 0 Å².